The van der Waals surface area contributed by atoms with Gasteiger partial charge >= 0.3 is 5.97 Å². The standard InChI is InChI=1S/C11H10ClFO5/c1-3-18-11(16)9(15)7-8(13)5(12)4-6(14)10(7)17-2/h4,14H,3H2,1-2H3. The van der Waals surface area contributed by atoms with Crippen molar-refractivity contribution in [3.63, 3.8) is 0 Å². The van der Waals surface area contributed by atoms with Crippen molar-refractivity contribution in [2.24, 2.45) is 0 Å². The Labute approximate surface area is 107 Å². The van der Waals surface area contributed by atoms with Gasteiger partial charge in [-0.1, -0.05) is 11.6 Å². The van der Waals surface area contributed by atoms with Crippen molar-refractivity contribution < 1.29 is 28.6 Å². The molecule has 98 valence electrons. The molecule has 1 N–H and O–H groups in total. The Bertz CT molecular complexity index is 501. The van der Waals surface area contributed by atoms with E-state index >= 15 is 0 Å². The number of hydrogen-bond acceptors (Lipinski definition) is 5. The van der Waals surface area contributed by atoms with Crippen molar-refractivity contribution in [2.45, 2.75) is 6.92 Å². The number of aromatic hydroxyl groups is 1. The Kier molecular flexibility index (Phi) is 4.49. The van der Waals surface area contributed by atoms with E-state index in [4.69, 9.17) is 11.6 Å². The average molecular weight is 277 g/mol. The maximum absolute atomic E-state index is 13.7. The zero-order chi connectivity index (χ0) is 13.9. The van der Waals surface area contributed by atoms with Crippen LogP contribution in [0.3, 0.4) is 0 Å². The Balaban J connectivity index is 3.38. The molecule has 18 heavy (non-hydrogen) atoms. The number of esters is 1. The first-order valence-corrected chi connectivity index (χ1v) is 5.28. The summed E-state index contributed by atoms with van der Waals surface area (Å²) in [5.74, 6) is -4.68. The van der Waals surface area contributed by atoms with Gasteiger partial charge in [-0.15, -0.1) is 0 Å². The summed E-state index contributed by atoms with van der Waals surface area (Å²) < 4.78 is 22.9. The molecule has 0 heterocycles. The van der Waals surface area contributed by atoms with E-state index in [2.05, 4.69) is 9.47 Å². The molecule has 0 atom stereocenters. The second-order valence-electron chi connectivity index (χ2n) is 3.15. The highest BCUT2D eigenvalue weighted by atomic mass is 35.5. The van der Waals surface area contributed by atoms with E-state index in [9.17, 15) is 19.1 Å². The molecule has 0 amide bonds. The topological polar surface area (TPSA) is 72.8 Å². The van der Waals surface area contributed by atoms with Crippen LogP contribution < -0.4 is 4.74 Å². The SMILES string of the molecule is CCOC(=O)C(=O)c1c(F)c(Cl)cc(O)c1OC. The van der Waals surface area contributed by atoms with Crippen molar-refractivity contribution >= 4 is 23.4 Å². The van der Waals surface area contributed by atoms with E-state index in [-0.39, 0.29) is 6.61 Å². The molecule has 0 saturated heterocycles. The van der Waals surface area contributed by atoms with Crippen molar-refractivity contribution in [1.82, 2.24) is 0 Å². The number of halogens is 2. The summed E-state index contributed by atoms with van der Waals surface area (Å²) in [6.45, 7) is 1.45. The Hall–Kier alpha value is -1.82. The molecular weight excluding hydrogens is 267 g/mol. The fourth-order valence-corrected chi connectivity index (χ4v) is 1.50. The summed E-state index contributed by atoms with van der Waals surface area (Å²) in [6.07, 6.45) is 0. The van der Waals surface area contributed by atoms with E-state index in [0.29, 0.717) is 0 Å². The van der Waals surface area contributed by atoms with E-state index in [1.165, 1.54) is 6.92 Å². The number of methoxy groups -OCH3 is 1. The van der Waals surface area contributed by atoms with Crippen LogP contribution in [0.1, 0.15) is 17.3 Å². The summed E-state index contributed by atoms with van der Waals surface area (Å²) in [7, 11) is 1.12. The third-order valence-electron chi connectivity index (χ3n) is 2.04. The van der Waals surface area contributed by atoms with E-state index in [0.717, 1.165) is 13.2 Å². The van der Waals surface area contributed by atoms with Crippen LogP contribution in [-0.2, 0) is 9.53 Å². The normalized spacial score (nSPS) is 10.0. The molecule has 0 bridgehead atoms. The molecule has 0 aliphatic rings. The van der Waals surface area contributed by atoms with Crippen LogP contribution in [0.4, 0.5) is 4.39 Å². The Morgan fingerprint density at radius 2 is 2.11 bits per heavy atom. The van der Waals surface area contributed by atoms with Crippen LogP contribution in [-0.4, -0.2) is 30.6 Å². The number of phenols is 1. The Morgan fingerprint density at radius 1 is 1.50 bits per heavy atom. The molecule has 0 aliphatic heterocycles. The molecule has 0 fully saturated rings. The number of rotatable bonds is 4. The van der Waals surface area contributed by atoms with Gasteiger partial charge in [0.05, 0.1) is 18.7 Å². The maximum atomic E-state index is 13.7. The van der Waals surface area contributed by atoms with Crippen LogP contribution in [0.15, 0.2) is 6.07 Å². The van der Waals surface area contributed by atoms with E-state index in [1.54, 1.807) is 0 Å². The number of hydrogen-bond donors (Lipinski definition) is 1. The minimum Gasteiger partial charge on any atom is -0.504 e. The molecule has 0 unspecified atom stereocenters. The second kappa shape index (κ2) is 5.68. The highest BCUT2D eigenvalue weighted by Gasteiger charge is 2.29. The van der Waals surface area contributed by atoms with Crippen molar-refractivity contribution in [3.8, 4) is 11.5 Å². The molecule has 0 aliphatic carbocycles. The van der Waals surface area contributed by atoms with Gasteiger partial charge in [0.25, 0.3) is 5.78 Å². The fourth-order valence-electron chi connectivity index (χ4n) is 1.30. The lowest BCUT2D eigenvalue weighted by Crippen LogP contribution is -2.20. The molecule has 0 saturated carbocycles. The first-order valence-electron chi connectivity index (χ1n) is 4.90. The molecule has 0 aromatic heterocycles. The quantitative estimate of drug-likeness (QED) is 0.517. The fraction of sp³-hybridized carbons (Fsp3) is 0.273. The summed E-state index contributed by atoms with van der Waals surface area (Å²) in [4.78, 5) is 22.9. The lowest BCUT2D eigenvalue weighted by atomic mass is 10.1. The van der Waals surface area contributed by atoms with Gasteiger partial charge in [0, 0.05) is 6.07 Å². The maximum Gasteiger partial charge on any atom is 0.379 e. The third-order valence-corrected chi connectivity index (χ3v) is 2.32. The van der Waals surface area contributed by atoms with Crippen molar-refractivity contribution in [1.29, 1.82) is 0 Å². The minimum atomic E-state index is -1.27. The van der Waals surface area contributed by atoms with Crippen molar-refractivity contribution in [3.05, 3.63) is 22.5 Å². The van der Waals surface area contributed by atoms with Gasteiger partial charge in [-0.25, -0.2) is 9.18 Å². The minimum absolute atomic E-state index is 0.0406. The first kappa shape index (κ1) is 14.2. The largest absolute Gasteiger partial charge is 0.504 e. The van der Waals surface area contributed by atoms with Crippen LogP contribution in [0.25, 0.3) is 0 Å². The van der Waals surface area contributed by atoms with Gasteiger partial charge in [0.2, 0.25) is 0 Å². The highest BCUT2D eigenvalue weighted by molar-refractivity contribution is 6.42. The Morgan fingerprint density at radius 3 is 2.61 bits per heavy atom. The summed E-state index contributed by atoms with van der Waals surface area (Å²) in [5, 5.41) is 8.98. The number of carbonyl (C=O) groups excluding carboxylic acids is 2. The van der Waals surface area contributed by atoms with Gasteiger partial charge in [-0.05, 0) is 6.92 Å². The lowest BCUT2D eigenvalue weighted by molar-refractivity contribution is -0.137. The predicted octanol–water partition coefficient (Wildman–Crippen LogP) is 1.94. The van der Waals surface area contributed by atoms with Gasteiger partial charge in [0.15, 0.2) is 17.3 Å². The van der Waals surface area contributed by atoms with Crippen LogP contribution >= 0.6 is 11.6 Å². The predicted molar refractivity (Wildman–Crippen MR) is 60.6 cm³/mol. The molecule has 1 aromatic rings. The number of ether oxygens (including phenoxy) is 2. The summed E-state index contributed by atoms with van der Waals surface area (Å²) in [6, 6.07) is 0.873. The van der Waals surface area contributed by atoms with Gasteiger partial charge in [0.1, 0.15) is 5.56 Å². The summed E-state index contributed by atoms with van der Waals surface area (Å²) >= 11 is 5.48. The number of carbonyl (C=O) groups is 2. The molecular formula is C11H10ClFO5. The highest BCUT2D eigenvalue weighted by Crippen LogP contribution is 2.36. The second-order valence-corrected chi connectivity index (χ2v) is 3.56. The zero-order valence-corrected chi connectivity index (χ0v) is 10.4. The number of ketones is 1. The van der Waals surface area contributed by atoms with Gasteiger partial charge in [-0.2, -0.15) is 0 Å². The van der Waals surface area contributed by atoms with Crippen molar-refractivity contribution in [2.75, 3.05) is 13.7 Å². The first-order chi connectivity index (χ1) is 8.43. The average Bonchev–Trinajstić information content (AvgIpc) is 2.32. The van der Waals surface area contributed by atoms with E-state index < -0.39 is 39.7 Å². The lowest BCUT2D eigenvalue weighted by Gasteiger charge is -2.11. The molecule has 1 aromatic carbocycles. The molecule has 5 nitrogen and oxygen atoms in total. The van der Waals surface area contributed by atoms with Gasteiger partial charge in [-0.3, -0.25) is 4.79 Å². The number of Topliss-reactive ketones (excluding diaryl/α,β-unsaturated/α-hetero) is 1. The number of benzene rings is 1. The zero-order valence-electron chi connectivity index (χ0n) is 9.62. The van der Waals surface area contributed by atoms with Crippen LogP contribution in [0.2, 0.25) is 5.02 Å². The third kappa shape index (κ3) is 2.53. The van der Waals surface area contributed by atoms with E-state index in [1.807, 2.05) is 0 Å². The van der Waals surface area contributed by atoms with Crippen LogP contribution in [0.5, 0.6) is 11.5 Å². The van der Waals surface area contributed by atoms with Gasteiger partial charge < -0.3 is 14.6 Å². The molecule has 1 rings (SSSR count). The molecule has 0 spiro atoms. The molecule has 7 heteroatoms. The number of phenolic OH excluding ortho intramolecular Hbond substituents is 1. The smallest absolute Gasteiger partial charge is 0.379 e. The summed E-state index contributed by atoms with van der Waals surface area (Å²) in [5.41, 5.74) is -0.749. The van der Waals surface area contributed by atoms with Crippen LogP contribution in [0, 0.1) is 5.82 Å². The monoisotopic (exact) mass is 276 g/mol. The molecule has 0 radical (unpaired) electrons.